The molecule has 0 spiro atoms. The second kappa shape index (κ2) is 10.0. The molecule has 1 fully saturated rings. The lowest BCUT2D eigenvalue weighted by Gasteiger charge is -2.36. The van der Waals surface area contributed by atoms with E-state index in [2.05, 4.69) is 22.2 Å². The molecule has 1 aromatic carbocycles. The maximum atomic E-state index is 13.2. The lowest BCUT2D eigenvalue weighted by Crippen LogP contribution is -2.40. The van der Waals surface area contributed by atoms with Crippen LogP contribution in [0.25, 0.3) is 0 Å². The quantitative estimate of drug-likeness (QED) is 0.697. The van der Waals surface area contributed by atoms with Gasteiger partial charge in [0.05, 0.1) is 5.02 Å². The van der Waals surface area contributed by atoms with Crippen molar-refractivity contribution in [2.45, 2.75) is 51.6 Å². The fourth-order valence-corrected chi connectivity index (χ4v) is 3.93. The highest BCUT2D eigenvalue weighted by Gasteiger charge is 2.23. The molecule has 7 heteroatoms. The molecular formula is C21H28ClFN4O. The highest BCUT2D eigenvalue weighted by Crippen LogP contribution is 2.25. The number of aryl methyl sites for hydroxylation is 1. The van der Waals surface area contributed by atoms with Crippen molar-refractivity contribution in [1.82, 2.24) is 14.7 Å². The average molecular weight is 407 g/mol. The molecule has 1 aliphatic heterocycles. The fourth-order valence-electron chi connectivity index (χ4n) is 3.75. The summed E-state index contributed by atoms with van der Waals surface area (Å²) in [5.41, 5.74) is 0.539. The van der Waals surface area contributed by atoms with E-state index in [-0.39, 0.29) is 10.9 Å². The number of hydrogen-bond donors (Lipinski definition) is 1. The molecule has 1 amide bonds. The van der Waals surface area contributed by atoms with Crippen LogP contribution in [0.3, 0.4) is 0 Å². The first-order chi connectivity index (χ1) is 13.5. The van der Waals surface area contributed by atoms with Crippen LogP contribution in [0.5, 0.6) is 0 Å². The molecule has 28 heavy (non-hydrogen) atoms. The van der Waals surface area contributed by atoms with Crippen molar-refractivity contribution in [3.05, 3.63) is 47.5 Å². The first-order valence-corrected chi connectivity index (χ1v) is 10.4. The third-order valence-electron chi connectivity index (χ3n) is 5.59. The minimum Gasteiger partial charge on any atom is -0.326 e. The van der Waals surface area contributed by atoms with Crippen LogP contribution in [0.4, 0.5) is 10.1 Å². The Labute approximate surface area is 170 Å². The van der Waals surface area contributed by atoms with Crippen molar-refractivity contribution in [2.24, 2.45) is 5.92 Å². The van der Waals surface area contributed by atoms with Gasteiger partial charge in [-0.15, -0.1) is 0 Å². The van der Waals surface area contributed by atoms with Crippen molar-refractivity contribution in [3.8, 4) is 0 Å². The first-order valence-electron chi connectivity index (χ1n) is 9.97. The van der Waals surface area contributed by atoms with Gasteiger partial charge in [0.25, 0.3) is 0 Å². The highest BCUT2D eigenvalue weighted by atomic mass is 35.5. The first kappa shape index (κ1) is 20.8. The Kier molecular flexibility index (Phi) is 7.45. The molecule has 0 aliphatic carbocycles. The Bertz CT molecular complexity index is 760. The number of carbonyl (C=O) groups is 1. The van der Waals surface area contributed by atoms with Gasteiger partial charge >= 0.3 is 0 Å². The predicted octanol–water partition coefficient (Wildman–Crippen LogP) is 4.59. The molecule has 1 aromatic heterocycles. The van der Waals surface area contributed by atoms with Gasteiger partial charge in [0.15, 0.2) is 0 Å². The topological polar surface area (TPSA) is 50.2 Å². The normalized spacial score (nSPS) is 16.8. The number of hydrogen-bond acceptors (Lipinski definition) is 3. The van der Waals surface area contributed by atoms with E-state index < -0.39 is 5.82 Å². The summed E-state index contributed by atoms with van der Waals surface area (Å²) in [6, 6.07) is 6.73. The number of nitrogens with zero attached hydrogens (tertiary/aromatic N) is 3. The molecule has 0 radical (unpaired) electrons. The Hall–Kier alpha value is -1.92. The minimum atomic E-state index is -0.481. The number of likely N-dealkylation sites (tertiary alicyclic amines) is 1. The van der Waals surface area contributed by atoms with Gasteiger partial charge in [0, 0.05) is 37.1 Å². The van der Waals surface area contributed by atoms with Gasteiger partial charge in [-0.2, -0.15) is 5.10 Å². The van der Waals surface area contributed by atoms with Crippen LogP contribution in [0.1, 0.15) is 39.0 Å². The van der Waals surface area contributed by atoms with Crippen LogP contribution in [0.2, 0.25) is 5.02 Å². The van der Waals surface area contributed by atoms with Crippen LogP contribution >= 0.6 is 11.6 Å². The summed E-state index contributed by atoms with van der Waals surface area (Å²) < 4.78 is 15.2. The molecule has 0 unspecified atom stereocenters. The minimum absolute atomic E-state index is 0.0202. The molecule has 1 aliphatic rings. The number of carbonyl (C=O) groups excluding carboxylic acids is 1. The lowest BCUT2D eigenvalue weighted by atomic mass is 9.91. The van der Waals surface area contributed by atoms with Gasteiger partial charge in [-0.05, 0) is 75.9 Å². The van der Waals surface area contributed by atoms with E-state index in [0.29, 0.717) is 24.1 Å². The van der Waals surface area contributed by atoms with Crippen molar-refractivity contribution in [2.75, 3.05) is 18.4 Å². The molecule has 0 saturated carbocycles. The second-order valence-electron chi connectivity index (χ2n) is 7.60. The molecule has 3 rings (SSSR count). The van der Waals surface area contributed by atoms with Crippen LogP contribution in [0, 0.1) is 11.7 Å². The van der Waals surface area contributed by atoms with Crippen molar-refractivity contribution < 1.29 is 9.18 Å². The van der Waals surface area contributed by atoms with Crippen LogP contribution in [-0.4, -0.2) is 39.7 Å². The monoisotopic (exact) mass is 406 g/mol. The summed E-state index contributed by atoms with van der Waals surface area (Å²) in [7, 11) is 0. The number of aromatic nitrogens is 2. The number of piperidine rings is 1. The molecule has 152 valence electrons. The Balaban J connectivity index is 1.34. The number of benzene rings is 1. The van der Waals surface area contributed by atoms with Crippen LogP contribution in [-0.2, 0) is 11.3 Å². The van der Waals surface area contributed by atoms with Gasteiger partial charge in [0.1, 0.15) is 5.82 Å². The predicted molar refractivity (Wildman–Crippen MR) is 110 cm³/mol. The number of halogens is 2. The molecule has 1 atom stereocenters. The molecule has 0 bridgehead atoms. The summed E-state index contributed by atoms with van der Waals surface area (Å²) in [6.07, 6.45) is 8.53. The zero-order valence-electron chi connectivity index (χ0n) is 16.3. The SMILES string of the molecule is C[C@H](CCn1cccn1)N1CCC(CCC(=O)Nc2ccc(F)c(Cl)c2)CC1. The fraction of sp³-hybridized carbons (Fsp3) is 0.524. The molecule has 1 N–H and O–H groups in total. The summed E-state index contributed by atoms with van der Waals surface area (Å²) in [6.45, 7) is 5.40. The molecule has 1 saturated heterocycles. The Morgan fingerprint density at radius 3 is 2.86 bits per heavy atom. The molecule has 2 aromatic rings. The highest BCUT2D eigenvalue weighted by molar-refractivity contribution is 6.31. The smallest absolute Gasteiger partial charge is 0.224 e. The Morgan fingerprint density at radius 2 is 2.18 bits per heavy atom. The summed E-state index contributed by atoms with van der Waals surface area (Å²) in [5, 5.41) is 7.08. The maximum Gasteiger partial charge on any atom is 0.224 e. The van der Waals surface area contributed by atoms with E-state index in [9.17, 15) is 9.18 Å². The van der Waals surface area contributed by atoms with Gasteiger partial charge < -0.3 is 10.2 Å². The number of rotatable bonds is 8. The molecule has 5 nitrogen and oxygen atoms in total. The van der Waals surface area contributed by atoms with E-state index >= 15 is 0 Å². The third kappa shape index (κ3) is 6.04. The number of amides is 1. The van der Waals surface area contributed by atoms with Crippen molar-refractivity contribution in [3.63, 3.8) is 0 Å². The summed E-state index contributed by atoms with van der Waals surface area (Å²) >= 11 is 5.75. The standard InChI is InChI=1S/C21H28ClFN4O/c1-16(7-14-27-11-2-10-24-27)26-12-8-17(9-13-26)3-6-21(28)25-18-4-5-20(23)19(22)15-18/h2,4-5,10-11,15-17H,3,6-9,12-14H2,1H3,(H,25,28)/t16-/m1/s1. The van der Waals surface area contributed by atoms with E-state index in [1.54, 1.807) is 0 Å². The van der Waals surface area contributed by atoms with E-state index in [1.165, 1.54) is 18.2 Å². The third-order valence-corrected chi connectivity index (χ3v) is 5.88. The zero-order valence-corrected chi connectivity index (χ0v) is 17.0. The van der Waals surface area contributed by atoms with E-state index in [4.69, 9.17) is 11.6 Å². The zero-order chi connectivity index (χ0) is 19.9. The van der Waals surface area contributed by atoms with E-state index in [0.717, 1.165) is 45.3 Å². The van der Waals surface area contributed by atoms with Crippen LogP contribution < -0.4 is 5.32 Å². The summed E-state index contributed by atoms with van der Waals surface area (Å²) in [5.74, 6) is 0.0556. The Morgan fingerprint density at radius 1 is 1.39 bits per heavy atom. The molecule has 2 heterocycles. The lowest BCUT2D eigenvalue weighted by molar-refractivity contribution is -0.116. The second-order valence-corrected chi connectivity index (χ2v) is 8.01. The number of nitrogens with one attached hydrogen (secondary N) is 1. The van der Waals surface area contributed by atoms with Crippen LogP contribution in [0.15, 0.2) is 36.7 Å². The van der Waals surface area contributed by atoms with E-state index in [1.807, 2.05) is 23.1 Å². The van der Waals surface area contributed by atoms with Gasteiger partial charge in [-0.1, -0.05) is 11.6 Å². The largest absolute Gasteiger partial charge is 0.326 e. The van der Waals surface area contributed by atoms with Gasteiger partial charge in [0.2, 0.25) is 5.91 Å². The average Bonchev–Trinajstić information content (AvgIpc) is 3.21. The van der Waals surface area contributed by atoms with Gasteiger partial charge in [-0.3, -0.25) is 9.48 Å². The molecular weight excluding hydrogens is 379 g/mol. The summed E-state index contributed by atoms with van der Waals surface area (Å²) in [4.78, 5) is 14.7. The van der Waals surface area contributed by atoms with Gasteiger partial charge in [-0.25, -0.2) is 4.39 Å². The van der Waals surface area contributed by atoms with Crippen molar-refractivity contribution in [1.29, 1.82) is 0 Å². The maximum absolute atomic E-state index is 13.2. The van der Waals surface area contributed by atoms with Crippen molar-refractivity contribution >= 4 is 23.2 Å². The number of anilines is 1.